The van der Waals surface area contributed by atoms with Crippen LogP contribution >= 0.6 is 15.9 Å². The van der Waals surface area contributed by atoms with Gasteiger partial charge in [-0.05, 0) is 60.2 Å². The molecule has 0 unspecified atom stereocenters. The number of allylic oxidation sites excluding steroid dienone is 1. The van der Waals surface area contributed by atoms with Gasteiger partial charge in [0.2, 0.25) is 0 Å². The van der Waals surface area contributed by atoms with Crippen molar-refractivity contribution in [3.8, 4) is 0 Å². The first-order chi connectivity index (χ1) is 9.20. The third-order valence-electron chi connectivity index (χ3n) is 3.54. The Morgan fingerprint density at radius 1 is 0.947 bits per heavy atom. The van der Waals surface area contributed by atoms with Crippen LogP contribution in [0.5, 0.6) is 0 Å². The van der Waals surface area contributed by atoms with Crippen LogP contribution in [0.3, 0.4) is 0 Å². The zero-order valence-corrected chi connectivity index (χ0v) is 12.1. The van der Waals surface area contributed by atoms with E-state index < -0.39 is 0 Å². The maximum atomic E-state index is 12.9. The quantitative estimate of drug-likeness (QED) is 0.681. The Bertz CT molecular complexity index is 626. The molecule has 0 aromatic heterocycles. The van der Waals surface area contributed by atoms with Crippen LogP contribution in [0, 0.1) is 5.82 Å². The van der Waals surface area contributed by atoms with Gasteiger partial charge in [-0.3, -0.25) is 0 Å². The second-order valence-corrected chi connectivity index (χ2v) is 5.86. The number of halogens is 2. The molecule has 0 saturated carbocycles. The van der Waals surface area contributed by atoms with E-state index in [-0.39, 0.29) is 5.82 Å². The molecular weight excluding hydrogens is 303 g/mol. The Morgan fingerprint density at radius 2 is 1.74 bits per heavy atom. The van der Waals surface area contributed by atoms with E-state index in [1.165, 1.54) is 28.8 Å². The lowest BCUT2D eigenvalue weighted by atomic mass is 9.87. The normalized spacial score (nSPS) is 16.4. The van der Waals surface area contributed by atoms with Gasteiger partial charge in [0.15, 0.2) is 0 Å². The minimum atomic E-state index is -0.180. The summed E-state index contributed by atoms with van der Waals surface area (Å²) in [5.74, 6) is -0.180. The van der Waals surface area contributed by atoms with E-state index in [1.807, 2.05) is 12.1 Å². The first-order valence-electron chi connectivity index (χ1n) is 6.43. The summed E-state index contributed by atoms with van der Waals surface area (Å²) >= 11 is 3.52. The Balaban J connectivity index is 1.85. The molecule has 0 nitrogen and oxygen atoms in total. The zero-order valence-electron chi connectivity index (χ0n) is 10.5. The summed E-state index contributed by atoms with van der Waals surface area (Å²) in [4.78, 5) is 0. The SMILES string of the molecule is Fc1ccc(/C=C2/CCc3cc(Br)ccc3C2)cc1. The van der Waals surface area contributed by atoms with Crippen LogP contribution in [0.4, 0.5) is 4.39 Å². The Kier molecular flexibility index (Phi) is 3.52. The molecule has 0 saturated heterocycles. The first kappa shape index (κ1) is 12.6. The number of hydrogen-bond donors (Lipinski definition) is 0. The predicted octanol–water partition coefficient (Wildman–Crippen LogP) is 5.16. The van der Waals surface area contributed by atoms with Gasteiger partial charge >= 0.3 is 0 Å². The zero-order chi connectivity index (χ0) is 13.2. The van der Waals surface area contributed by atoms with Gasteiger partial charge in [-0.1, -0.05) is 45.8 Å². The van der Waals surface area contributed by atoms with Gasteiger partial charge < -0.3 is 0 Å². The van der Waals surface area contributed by atoms with Crippen LogP contribution in [-0.2, 0) is 12.8 Å². The Morgan fingerprint density at radius 3 is 2.53 bits per heavy atom. The van der Waals surface area contributed by atoms with Crippen LogP contribution in [0.1, 0.15) is 23.1 Å². The molecule has 0 aliphatic heterocycles. The van der Waals surface area contributed by atoms with E-state index in [0.29, 0.717) is 0 Å². The molecule has 1 aliphatic carbocycles. The van der Waals surface area contributed by atoms with E-state index in [4.69, 9.17) is 0 Å². The highest BCUT2D eigenvalue weighted by molar-refractivity contribution is 9.10. The molecular formula is C17H14BrF. The molecule has 3 rings (SSSR count). The van der Waals surface area contributed by atoms with Crippen molar-refractivity contribution in [3.05, 3.63) is 75.0 Å². The topological polar surface area (TPSA) is 0 Å². The van der Waals surface area contributed by atoms with Gasteiger partial charge in [0.25, 0.3) is 0 Å². The van der Waals surface area contributed by atoms with Crippen LogP contribution in [0.15, 0.2) is 52.5 Å². The Labute approximate surface area is 121 Å². The molecule has 0 fully saturated rings. The summed E-state index contributed by atoms with van der Waals surface area (Å²) in [6.07, 6.45) is 5.35. The van der Waals surface area contributed by atoms with Crippen LogP contribution in [0.25, 0.3) is 6.08 Å². The van der Waals surface area contributed by atoms with Crippen molar-refractivity contribution in [2.45, 2.75) is 19.3 Å². The molecule has 0 bridgehead atoms. The number of rotatable bonds is 1. The molecule has 0 amide bonds. The minimum absolute atomic E-state index is 0.180. The summed E-state index contributed by atoms with van der Waals surface area (Å²) in [5.41, 5.74) is 5.34. The fourth-order valence-corrected chi connectivity index (χ4v) is 2.95. The molecule has 0 atom stereocenters. The molecule has 0 spiro atoms. The van der Waals surface area contributed by atoms with E-state index in [0.717, 1.165) is 29.3 Å². The molecule has 19 heavy (non-hydrogen) atoms. The standard InChI is InChI=1S/C17H14BrF/c18-16-6-5-14-10-13(1-4-15(14)11-16)9-12-2-7-17(19)8-3-12/h2-3,5-9,11H,1,4,10H2/b13-9-. The van der Waals surface area contributed by atoms with Gasteiger partial charge in [0.1, 0.15) is 5.82 Å². The van der Waals surface area contributed by atoms with Crippen molar-refractivity contribution in [2.75, 3.05) is 0 Å². The van der Waals surface area contributed by atoms with E-state index in [1.54, 1.807) is 0 Å². The van der Waals surface area contributed by atoms with Gasteiger partial charge in [0.05, 0.1) is 0 Å². The van der Waals surface area contributed by atoms with Gasteiger partial charge in [-0.25, -0.2) is 4.39 Å². The highest BCUT2D eigenvalue weighted by Crippen LogP contribution is 2.28. The van der Waals surface area contributed by atoms with Crippen molar-refractivity contribution in [3.63, 3.8) is 0 Å². The third kappa shape index (κ3) is 2.95. The van der Waals surface area contributed by atoms with Crippen LogP contribution in [-0.4, -0.2) is 0 Å². The van der Waals surface area contributed by atoms with E-state index in [9.17, 15) is 4.39 Å². The van der Waals surface area contributed by atoms with Gasteiger partial charge in [0, 0.05) is 4.47 Å². The van der Waals surface area contributed by atoms with Crippen molar-refractivity contribution >= 4 is 22.0 Å². The highest BCUT2D eigenvalue weighted by atomic mass is 79.9. The first-order valence-corrected chi connectivity index (χ1v) is 7.22. The molecule has 2 aromatic rings. The van der Waals surface area contributed by atoms with E-state index in [2.05, 4.69) is 40.2 Å². The minimum Gasteiger partial charge on any atom is -0.207 e. The second kappa shape index (κ2) is 5.30. The lowest BCUT2D eigenvalue weighted by molar-refractivity contribution is 0.627. The Hall–Kier alpha value is -1.41. The monoisotopic (exact) mass is 316 g/mol. The number of benzene rings is 2. The molecule has 0 N–H and O–H groups in total. The summed E-state index contributed by atoms with van der Waals surface area (Å²) < 4.78 is 14.0. The lowest BCUT2D eigenvalue weighted by Gasteiger charge is -2.19. The van der Waals surface area contributed by atoms with Crippen LogP contribution in [0.2, 0.25) is 0 Å². The summed E-state index contributed by atoms with van der Waals surface area (Å²) in [6.45, 7) is 0. The highest BCUT2D eigenvalue weighted by Gasteiger charge is 2.12. The molecule has 2 aromatic carbocycles. The average molecular weight is 317 g/mol. The van der Waals surface area contributed by atoms with Crippen molar-refractivity contribution in [2.24, 2.45) is 0 Å². The van der Waals surface area contributed by atoms with Crippen molar-refractivity contribution in [1.82, 2.24) is 0 Å². The number of hydrogen-bond acceptors (Lipinski definition) is 0. The van der Waals surface area contributed by atoms with Crippen molar-refractivity contribution in [1.29, 1.82) is 0 Å². The molecule has 0 heterocycles. The van der Waals surface area contributed by atoms with Crippen LogP contribution < -0.4 is 0 Å². The smallest absolute Gasteiger partial charge is 0.123 e. The van der Waals surface area contributed by atoms with Gasteiger partial charge in [-0.2, -0.15) is 0 Å². The van der Waals surface area contributed by atoms with Crippen molar-refractivity contribution < 1.29 is 4.39 Å². The molecule has 1 aliphatic rings. The second-order valence-electron chi connectivity index (χ2n) is 4.94. The largest absolute Gasteiger partial charge is 0.207 e. The maximum Gasteiger partial charge on any atom is 0.123 e. The number of aryl methyl sites for hydroxylation is 1. The number of fused-ring (bicyclic) bond motifs is 1. The van der Waals surface area contributed by atoms with E-state index >= 15 is 0 Å². The predicted molar refractivity (Wildman–Crippen MR) is 80.5 cm³/mol. The third-order valence-corrected chi connectivity index (χ3v) is 4.04. The van der Waals surface area contributed by atoms with Gasteiger partial charge in [-0.15, -0.1) is 0 Å². The lowest BCUT2D eigenvalue weighted by Crippen LogP contribution is -2.05. The maximum absolute atomic E-state index is 12.9. The average Bonchev–Trinajstić information content (AvgIpc) is 2.42. The fraction of sp³-hybridized carbons (Fsp3) is 0.176. The molecule has 96 valence electrons. The summed E-state index contributed by atoms with van der Waals surface area (Å²) in [6, 6.07) is 13.2. The molecule has 0 radical (unpaired) electrons. The fourth-order valence-electron chi connectivity index (χ4n) is 2.55. The summed E-state index contributed by atoms with van der Waals surface area (Å²) in [7, 11) is 0. The summed E-state index contributed by atoms with van der Waals surface area (Å²) in [5, 5.41) is 0. The molecule has 2 heteroatoms.